The second-order valence-electron chi connectivity index (χ2n) is 16.4. The molecule has 1 heteroatoms. The van der Waals surface area contributed by atoms with E-state index in [1.807, 2.05) is 0 Å². The van der Waals surface area contributed by atoms with E-state index in [0.29, 0.717) is 0 Å². The first-order valence-corrected chi connectivity index (χ1v) is 21.4. The smallest absolute Gasteiger partial charge is 0.0465 e. The van der Waals surface area contributed by atoms with Gasteiger partial charge in [0.15, 0.2) is 0 Å². The summed E-state index contributed by atoms with van der Waals surface area (Å²) in [6, 6.07) is 77.9. The minimum atomic E-state index is 0.0418. The molecule has 60 heavy (non-hydrogen) atoms. The van der Waals surface area contributed by atoms with E-state index in [1.165, 1.54) is 120 Å². The Labute approximate surface area is 353 Å². The number of anilines is 3. The summed E-state index contributed by atoms with van der Waals surface area (Å²) in [7, 11) is 0. The fourth-order valence-electron chi connectivity index (χ4n) is 10.2. The predicted octanol–water partition coefficient (Wildman–Crippen LogP) is 16.3. The van der Waals surface area contributed by atoms with Crippen LogP contribution in [0, 0.1) is 0 Å². The standard InChI is InChI=1S/C59H45N/c1-5-17-44(18-6-1)54-41-55(58(46-19-7-2-8-20-46)53-26-14-13-25-50(53)54)45-32-29-42(30-33-45)27-28-43-31-35-51-52-36-34-49(40-57(52)59(56(51)39-43)37-15-16-38-59)60(47-21-9-3-10-22-47)48-23-11-4-12-24-48/h1-14,17-36,39-41H,15-16,37-38H2/b28-27+. The molecule has 0 aliphatic heterocycles. The molecule has 11 rings (SSSR count). The molecule has 1 saturated carbocycles. The minimum Gasteiger partial charge on any atom is -0.310 e. The zero-order chi connectivity index (χ0) is 39.9. The van der Waals surface area contributed by atoms with Gasteiger partial charge in [-0.15, -0.1) is 0 Å². The molecular formula is C59H45N. The van der Waals surface area contributed by atoms with E-state index in [1.54, 1.807) is 0 Å². The normalized spacial score (nSPS) is 13.8. The monoisotopic (exact) mass is 767 g/mol. The Kier molecular flexibility index (Phi) is 9.09. The highest BCUT2D eigenvalue weighted by atomic mass is 15.1. The zero-order valence-corrected chi connectivity index (χ0v) is 33.6. The fraction of sp³-hybridized carbons (Fsp3) is 0.0847. The Hall–Kier alpha value is -7.22. The topological polar surface area (TPSA) is 3.24 Å². The highest BCUT2D eigenvalue weighted by Gasteiger charge is 2.45. The molecular weight excluding hydrogens is 723 g/mol. The lowest BCUT2D eigenvalue weighted by atomic mass is 9.76. The van der Waals surface area contributed by atoms with Gasteiger partial charge in [0.1, 0.15) is 0 Å². The zero-order valence-electron chi connectivity index (χ0n) is 33.6. The SMILES string of the molecule is C(=C\c1ccc2c(c1)C1(CCCC1)c1cc(N(c3ccccc3)c3ccccc3)ccc1-2)/c1ccc(-c2cc(-c3ccccc3)c3ccccc3c2-c2ccccc2)cc1. The van der Waals surface area contributed by atoms with Gasteiger partial charge >= 0.3 is 0 Å². The van der Waals surface area contributed by atoms with E-state index in [2.05, 4.69) is 229 Å². The number of para-hydroxylation sites is 2. The quantitative estimate of drug-likeness (QED) is 0.139. The first-order valence-electron chi connectivity index (χ1n) is 21.4. The van der Waals surface area contributed by atoms with Gasteiger partial charge in [-0.2, -0.15) is 0 Å². The van der Waals surface area contributed by atoms with Crippen molar-refractivity contribution in [1.29, 1.82) is 0 Å². The average Bonchev–Trinajstić information content (AvgIpc) is 3.92. The molecule has 0 aromatic heterocycles. The summed E-state index contributed by atoms with van der Waals surface area (Å²) in [6.07, 6.45) is 9.47. The molecule has 0 N–H and O–H groups in total. The van der Waals surface area contributed by atoms with Gasteiger partial charge in [0.2, 0.25) is 0 Å². The molecule has 1 fully saturated rings. The molecule has 0 atom stereocenters. The third-order valence-corrected chi connectivity index (χ3v) is 13.0. The van der Waals surface area contributed by atoms with E-state index in [4.69, 9.17) is 0 Å². The van der Waals surface area contributed by atoms with Gasteiger partial charge in [0, 0.05) is 22.5 Å². The van der Waals surface area contributed by atoms with Crippen molar-refractivity contribution < 1.29 is 0 Å². The van der Waals surface area contributed by atoms with Crippen molar-refractivity contribution in [1.82, 2.24) is 0 Å². The van der Waals surface area contributed by atoms with Crippen LogP contribution in [0.3, 0.4) is 0 Å². The lowest BCUT2D eigenvalue weighted by Crippen LogP contribution is -2.21. The maximum absolute atomic E-state index is 2.50. The van der Waals surface area contributed by atoms with Crippen molar-refractivity contribution in [2.24, 2.45) is 0 Å². The Bertz CT molecular complexity index is 2960. The Morgan fingerprint density at radius 1 is 0.350 bits per heavy atom. The molecule has 1 spiro atoms. The average molecular weight is 768 g/mol. The largest absolute Gasteiger partial charge is 0.310 e. The van der Waals surface area contributed by atoms with Gasteiger partial charge in [-0.05, 0) is 133 Å². The fourth-order valence-corrected chi connectivity index (χ4v) is 10.2. The summed E-state index contributed by atoms with van der Waals surface area (Å²) < 4.78 is 0. The van der Waals surface area contributed by atoms with Gasteiger partial charge in [-0.25, -0.2) is 0 Å². The molecule has 0 saturated heterocycles. The Morgan fingerprint density at radius 3 is 1.50 bits per heavy atom. The highest BCUT2D eigenvalue weighted by Crippen LogP contribution is 2.58. The van der Waals surface area contributed by atoms with Gasteiger partial charge in [0.25, 0.3) is 0 Å². The van der Waals surface area contributed by atoms with Crippen LogP contribution >= 0.6 is 0 Å². The van der Waals surface area contributed by atoms with Crippen LogP contribution in [-0.2, 0) is 5.41 Å². The molecule has 9 aromatic carbocycles. The molecule has 0 bridgehead atoms. The Balaban J connectivity index is 0.937. The molecule has 2 aliphatic rings. The van der Waals surface area contributed by atoms with Crippen molar-refractivity contribution in [3.63, 3.8) is 0 Å². The van der Waals surface area contributed by atoms with E-state index in [-0.39, 0.29) is 5.41 Å². The number of hydrogen-bond acceptors (Lipinski definition) is 1. The van der Waals surface area contributed by atoms with E-state index in [9.17, 15) is 0 Å². The van der Waals surface area contributed by atoms with Crippen LogP contribution in [0.4, 0.5) is 17.1 Å². The lowest BCUT2D eigenvalue weighted by Gasteiger charge is -2.30. The van der Waals surface area contributed by atoms with Crippen LogP contribution in [0.2, 0.25) is 0 Å². The van der Waals surface area contributed by atoms with Gasteiger partial charge in [0.05, 0.1) is 0 Å². The number of benzene rings is 9. The lowest BCUT2D eigenvalue weighted by molar-refractivity contribution is 0.550. The van der Waals surface area contributed by atoms with Crippen LogP contribution in [0.1, 0.15) is 47.9 Å². The number of hydrogen-bond donors (Lipinski definition) is 0. The third kappa shape index (κ3) is 6.26. The van der Waals surface area contributed by atoms with E-state index in [0.717, 1.165) is 0 Å². The van der Waals surface area contributed by atoms with Crippen LogP contribution in [0.15, 0.2) is 212 Å². The molecule has 0 heterocycles. The molecule has 2 aliphatic carbocycles. The maximum Gasteiger partial charge on any atom is 0.0465 e. The van der Waals surface area contributed by atoms with Gasteiger partial charge in [-0.1, -0.05) is 195 Å². The summed E-state index contributed by atoms with van der Waals surface area (Å²) in [4.78, 5) is 2.40. The van der Waals surface area contributed by atoms with Crippen LogP contribution in [0.5, 0.6) is 0 Å². The maximum atomic E-state index is 2.50. The summed E-state index contributed by atoms with van der Waals surface area (Å²) in [5.41, 5.74) is 19.2. The minimum absolute atomic E-state index is 0.0418. The second kappa shape index (κ2) is 15.2. The van der Waals surface area contributed by atoms with Crippen LogP contribution < -0.4 is 4.90 Å². The first kappa shape index (κ1) is 35.9. The third-order valence-electron chi connectivity index (χ3n) is 13.0. The predicted molar refractivity (Wildman–Crippen MR) is 255 cm³/mol. The van der Waals surface area contributed by atoms with Crippen LogP contribution in [0.25, 0.3) is 67.4 Å². The molecule has 0 unspecified atom stereocenters. The van der Waals surface area contributed by atoms with Gasteiger partial charge < -0.3 is 4.90 Å². The van der Waals surface area contributed by atoms with E-state index < -0.39 is 0 Å². The summed E-state index contributed by atoms with van der Waals surface area (Å²) in [6.45, 7) is 0. The number of nitrogens with zero attached hydrogens (tertiary/aromatic N) is 1. The molecule has 9 aromatic rings. The summed E-state index contributed by atoms with van der Waals surface area (Å²) in [5, 5.41) is 2.54. The summed E-state index contributed by atoms with van der Waals surface area (Å²) in [5.74, 6) is 0. The van der Waals surface area contributed by atoms with Gasteiger partial charge in [-0.3, -0.25) is 0 Å². The molecule has 286 valence electrons. The van der Waals surface area contributed by atoms with Crippen LogP contribution in [-0.4, -0.2) is 0 Å². The molecule has 0 amide bonds. The van der Waals surface area contributed by atoms with Crippen molar-refractivity contribution in [2.75, 3.05) is 4.90 Å². The van der Waals surface area contributed by atoms with Crippen molar-refractivity contribution in [3.05, 3.63) is 235 Å². The molecule has 1 nitrogen and oxygen atoms in total. The van der Waals surface area contributed by atoms with Crippen molar-refractivity contribution in [3.8, 4) is 44.5 Å². The number of rotatable bonds is 8. The summed E-state index contributed by atoms with van der Waals surface area (Å²) >= 11 is 0. The first-order chi connectivity index (χ1) is 29.7. The Morgan fingerprint density at radius 2 is 0.850 bits per heavy atom. The number of fused-ring (bicyclic) bond motifs is 6. The van der Waals surface area contributed by atoms with E-state index >= 15 is 0 Å². The van der Waals surface area contributed by atoms with Crippen molar-refractivity contribution >= 4 is 40.0 Å². The van der Waals surface area contributed by atoms with Crippen molar-refractivity contribution in [2.45, 2.75) is 31.1 Å². The second-order valence-corrected chi connectivity index (χ2v) is 16.4. The highest BCUT2D eigenvalue weighted by molar-refractivity contribution is 6.10. The molecule has 0 radical (unpaired) electrons.